The summed E-state index contributed by atoms with van der Waals surface area (Å²) in [5.74, 6) is -0.308. The average molecular weight is 381 g/mol. The van der Waals surface area contributed by atoms with E-state index in [1.54, 1.807) is 23.1 Å². The van der Waals surface area contributed by atoms with Crippen LogP contribution in [0.4, 0.5) is 11.4 Å². The smallest absolute Gasteiger partial charge is 0.256 e. The quantitative estimate of drug-likeness (QED) is 0.719. The number of likely N-dealkylation sites (tertiary alicyclic amines) is 1. The van der Waals surface area contributed by atoms with Crippen molar-refractivity contribution in [3.8, 4) is 0 Å². The average Bonchev–Trinajstić information content (AvgIpc) is 2.72. The molecule has 1 aliphatic heterocycles. The first-order valence-corrected chi connectivity index (χ1v) is 9.76. The van der Waals surface area contributed by atoms with Gasteiger partial charge in [0, 0.05) is 24.5 Å². The standard InChI is InChI=1S/C22H27N3O3/c1-2-16-9-11-17(12-10-16)24-21(27)14-23-20-8-4-3-7-19(20)22(28)25-13-5-6-18(26)15-25/h3-4,7-12,18,23,26H,2,5-6,13-15H2,1H3,(H,24,27). The van der Waals surface area contributed by atoms with E-state index in [2.05, 4.69) is 17.6 Å². The Hall–Kier alpha value is -2.86. The predicted molar refractivity (Wildman–Crippen MR) is 111 cm³/mol. The highest BCUT2D eigenvalue weighted by molar-refractivity contribution is 6.01. The Morgan fingerprint density at radius 3 is 2.61 bits per heavy atom. The molecule has 148 valence electrons. The second-order valence-electron chi connectivity index (χ2n) is 7.05. The minimum atomic E-state index is -0.470. The fraction of sp³-hybridized carbons (Fsp3) is 0.364. The monoisotopic (exact) mass is 381 g/mol. The molecule has 6 heteroatoms. The molecule has 0 aromatic heterocycles. The molecule has 0 bridgehead atoms. The summed E-state index contributed by atoms with van der Waals surface area (Å²) in [6.07, 6.45) is 2.00. The van der Waals surface area contributed by atoms with E-state index in [1.165, 1.54) is 5.56 Å². The summed E-state index contributed by atoms with van der Waals surface area (Å²) in [4.78, 5) is 26.8. The van der Waals surface area contributed by atoms with Crippen LogP contribution in [0.3, 0.4) is 0 Å². The van der Waals surface area contributed by atoms with Crippen molar-refractivity contribution in [1.82, 2.24) is 4.90 Å². The molecule has 1 aliphatic rings. The molecule has 0 radical (unpaired) electrons. The molecule has 6 nitrogen and oxygen atoms in total. The zero-order chi connectivity index (χ0) is 19.9. The Bertz CT molecular complexity index is 820. The lowest BCUT2D eigenvalue weighted by Gasteiger charge is -2.30. The van der Waals surface area contributed by atoms with Crippen molar-refractivity contribution in [2.45, 2.75) is 32.3 Å². The fourth-order valence-electron chi connectivity index (χ4n) is 3.34. The Kier molecular flexibility index (Phi) is 6.66. The maximum Gasteiger partial charge on any atom is 0.256 e. The second-order valence-corrected chi connectivity index (χ2v) is 7.05. The van der Waals surface area contributed by atoms with Gasteiger partial charge in [0.05, 0.1) is 18.2 Å². The summed E-state index contributed by atoms with van der Waals surface area (Å²) in [5.41, 5.74) is 3.09. The molecule has 2 amide bonds. The third-order valence-corrected chi connectivity index (χ3v) is 4.93. The first-order chi connectivity index (χ1) is 13.6. The number of rotatable bonds is 6. The molecule has 1 atom stereocenters. The Balaban J connectivity index is 1.61. The third kappa shape index (κ3) is 5.10. The molecular formula is C22H27N3O3. The van der Waals surface area contributed by atoms with Crippen molar-refractivity contribution in [1.29, 1.82) is 0 Å². The molecule has 28 heavy (non-hydrogen) atoms. The highest BCUT2D eigenvalue weighted by atomic mass is 16.3. The zero-order valence-corrected chi connectivity index (χ0v) is 16.1. The van der Waals surface area contributed by atoms with E-state index < -0.39 is 6.10 Å². The summed E-state index contributed by atoms with van der Waals surface area (Å²) >= 11 is 0. The summed E-state index contributed by atoms with van der Waals surface area (Å²) in [6.45, 7) is 3.13. The topological polar surface area (TPSA) is 81.7 Å². The van der Waals surface area contributed by atoms with Crippen LogP contribution in [0.15, 0.2) is 48.5 Å². The summed E-state index contributed by atoms with van der Waals surface area (Å²) in [5, 5.41) is 15.7. The van der Waals surface area contributed by atoms with Gasteiger partial charge in [-0.3, -0.25) is 9.59 Å². The minimum Gasteiger partial charge on any atom is -0.391 e. The number of benzene rings is 2. The highest BCUT2D eigenvalue weighted by Gasteiger charge is 2.24. The number of carbonyl (C=O) groups excluding carboxylic acids is 2. The van der Waals surface area contributed by atoms with E-state index in [0.717, 1.165) is 24.9 Å². The van der Waals surface area contributed by atoms with Gasteiger partial charge in [0.2, 0.25) is 5.91 Å². The maximum absolute atomic E-state index is 12.8. The lowest BCUT2D eigenvalue weighted by molar-refractivity contribution is -0.114. The van der Waals surface area contributed by atoms with Crippen LogP contribution in [0.1, 0.15) is 35.7 Å². The number of aryl methyl sites for hydroxylation is 1. The summed E-state index contributed by atoms with van der Waals surface area (Å²) in [7, 11) is 0. The van der Waals surface area contributed by atoms with E-state index in [9.17, 15) is 14.7 Å². The maximum atomic E-state index is 12.8. The van der Waals surface area contributed by atoms with Crippen LogP contribution >= 0.6 is 0 Å². The van der Waals surface area contributed by atoms with Crippen LogP contribution in [0, 0.1) is 0 Å². The molecule has 1 unspecified atom stereocenters. The number of hydrogen-bond acceptors (Lipinski definition) is 4. The van der Waals surface area contributed by atoms with Crippen molar-refractivity contribution in [2.24, 2.45) is 0 Å². The number of para-hydroxylation sites is 1. The lowest BCUT2D eigenvalue weighted by atomic mass is 10.1. The molecule has 3 rings (SSSR count). The van der Waals surface area contributed by atoms with Gasteiger partial charge in [0.1, 0.15) is 0 Å². The molecule has 0 saturated carbocycles. The molecule has 0 spiro atoms. The van der Waals surface area contributed by atoms with E-state index >= 15 is 0 Å². The number of nitrogens with zero attached hydrogens (tertiary/aromatic N) is 1. The number of piperidine rings is 1. The molecule has 1 heterocycles. The van der Waals surface area contributed by atoms with E-state index in [1.807, 2.05) is 30.3 Å². The fourth-order valence-corrected chi connectivity index (χ4v) is 3.34. The first kappa shape index (κ1) is 19.9. The molecule has 2 aromatic carbocycles. The van der Waals surface area contributed by atoms with Crippen LogP contribution < -0.4 is 10.6 Å². The number of hydrogen-bond donors (Lipinski definition) is 3. The number of amides is 2. The molecule has 3 N–H and O–H groups in total. The Morgan fingerprint density at radius 2 is 1.89 bits per heavy atom. The van der Waals surface area contributed by atoms with Gasteiger partial charge < -0.3 is 20.6 Å². The normalized spacial score (nSPS) is 16.5. The molecule has 1 fully saturated rings. The Morgan fingerprint density at radius 1 is 1.14 bits per heavy atom. The van der Waals surface area contributed by atoms with Crippen molar-refractivity contribution >= 4 is 23.2 Å². The zero-order valence-electron chi connectivity index (χ0n) is 16.1. The van der Waals surface area contributed by atoms with Gasteiger partial charge in [-0.25, -0.2) is 0 Å². The number of aliphatic hydroxyl groups excluding tert-OH is 1. The highest BCUT2D eigenvalue weighted by Crippen LogP contribution is 2.20. The van der Waals surface area contributed by atoms with Gasteiger partial charge in [-0.2, -0.15) is 0 Å². The third-order valence-electron chi connectivity index (χ3n) is 4.93. The van der Waals surface area contributed by atoms with Crippen LogP contribution in [0.2, 0.25) is 0 Å². The van der Waals surface area contributed by atoms with E-state index in [0.29, 0.717) is 24.3 Å². The number of β-amino-alcohol motifs (C(OH)–C–C–N with tert-alkyl or cyclic N) is 1. The lowest BCUT2D eigenvalue weighted by Crippen LogP contribution is -2.42. The van der Waals surface area contributed by atoms with Gasteiger partial charge in [0.25, 0.3) is 5.91 Å². The van der Waals surface area contributed by atoms with Crippen LogP contribution in [0.5, 0.6) is 0 Å². The number of carbonyl (C=O) groups is 2. The van der Waals surface area contributed by atoms with Gasteiger partial charge in [0.15, 0.2) is 0 Å². The van der Waals surface area contributed by atoms with Crippen LogP contribution in [0.25, 0.3) is 0 Å². The largest absolute Gasteiger partial charge is 0.391 e. The number of nitrogens with one attached hydrogen (secondary N) is 2. The van der Waals surface area contributed by atoms with E-state index in [4.69, 9.17) is 0 Å². The number of anilines is 2. The first-order valence-electron chi connectivity index (χ1n) is 9.76. The molecular weight excluding hydrogens is 354 g/mol. The van der Waals surface area contributed by atoms with Gasteiger partial charge in [-0.05, 0) is 49.1 Å². The molecule has 1 saturated heterocycles. The Labute approximate surface area is 165 Å². The van der Waals surface area contributed by atoms with E-state index in [-0.39, 0.29) is 18.4 Å². The van der Waals surface area contributed by atoms with Crippen molar-refractivity contribution in [2.75, 3.05) is 30.3 Å². The predicted octanol–water partition coefficient (Wildman–Crippen LogP) is 2.90. The van der Waals surface area contributed by atoms with Crippen LogP contribution in [-0.2, 0) is 11.2 Å². The van der Waals surface area contributed by atoms with Gasteiger partial charge in [-0.15, -0.1) is 0 Å². The SMILES string of the molecule is CCc1ccc(NC(=O)CNc2ccccc2C(=O)N2CCCC(O)C2)cc1. The minimum absolute atomic E-state index is 0.0580. The number of aliphatic hydroxyl groups is 1. The van der Waals surface area contributed by atoms with Gasteiger partial charge in [-0.1, -0.05) is 31.2 Å². The molecule has 2 aromatic rings. The second kappa shape index (κ2) is 9.37. The molecule has 0 aliphatic carbocycles. The van der Waals surface area contributed by atoms with Crippen molar-refractivity contribution in [3.63, 3.8) is 0 Å². The summed E-state index contributed by atoms with van der Waals surface area (Å²) < 4.78 is 0. The van der Waals surface area contributed by atoms with Crippen LogP contribution in [-0.4, -0.2) is 47.6 Å². The van der Waals surface area contributed by atoms with Crippen molar-refractivity contribution in [3.05, 3.63) is 59.7 Å². The van der Waals surface area contributed by atoms with Gasteiger partial charge >= 0.3 is 0 Å². The summed E-state index contributed by atoms with van der Waals surface area (Å²) in [6, 6.07) is 14.9. The van der Waals surface area contributed by atoms with Crippen molar-refractivity contribution < 1.29 is 14.7 Å².